The van der Waals surface area contributed by atoms with Gasteiger partial charge in [-0.05, 0) is 41.7 Å². The first-order valence-electron chi connectivity index (χ1n) is 10.3. The molecule has 2 aromatic carbocycles. The molecular weight excluding hydrogens is 414 g/mol. The van der Waals surface area contributed by atoms with Crippen LogP contribution in [0.15, 0.2) is 63.9 Å². The first-order chi connectivity index (χ1) is 14.9. The predicted octanol–water partition coefficient (Wildman–Crippen LogP) is 5.46. The van der Waals surface area contributed by atoms with E-state index in [1.165, 1.54) is 6.07 Å². The van der Waals surface area contributed by atoms with Crippen molar-refractivity contribution >= 4 is 28.5 Å². The number of fused-ring (bicyclic) bond motifs is 1. The first-order valence-corrected chi connectivity index (χ1v) is 10.6. The van der Waals surface area contributed by atoms with E-state index in [0.717, 1.165) is 22.1 Å². The summed E-state index contributed by atoms with van der Waals surface area (Å²) < 4.78 is 5.45. The van der Waals surface area contributed by atoms with Crippen LogP contribution in [0.1, 0.15) is 37.9 Å². The standard InChI is InChI=1S/C24H24ClN3O3/c1-3-24(30,4-2)21-14-27-23(28-21)26-13-16-10-20-18(11-19(16)25)17(12-22(29)31-20)15-8-6-5-7-9-15/h5-12,14,30H,3-4,13H2,1-2H3,(H2,26,27,28). The van der Waals surface area contributed by atoms with Crippen LogP contribution in [0, 0.1) is 0 Å². The highest BCUT2D eigenvalue weighted by atomic mass is 35.5. The van der Waals surface area contributed by atoms with Gasteiger partial charge in [-0.15, -0.1) is 0 Å². The van der Waals surface area contributed by atoms with Crippen LogP contribution in [0.25, 0.3) is 22.1 Å². The Balaban J connectivity index is 1.63. The van der Waals surface area contributed by atoms with E-state index in [4.69, 9.17) is 16.0 Å². The van der Waals surface area contributed by atoms with Gasteiger partial charge in [-0.3, -0.25) is 0 Å². The largest absolute Gasteiger partial charge is 0.423 e. The topological polar surface area (TPSA) is 91.2 Å². The summed E-state index contributed by atoms with van der Waals surface area (Å²) in [6, 6.07) is 14.7. The molecule has 2 heterocycles. The van der Waals surface area contributed by atoms with Crippen molar-refractivity contribution in [2.45, 2.75) is 38.8 Å². The monoisotopic (exact) mass is 437 g/mol. The van der Waals surface area contributed by atoms with Crippen LogP contribution >= 0.6 is 11.6 Å². The third kappa shape index (κ3) is 4.22. The molecule has 0 atom stereocenters. The van der Waals surface area contributed by atoms with Gasteiger partial charge in [0.25, 0.3) is 0 Å². The number of nitrogens with one attached hydrogen (secondary N) is 2. The Bertz CT molecular complexity index is 1260. The predicted molar refractivity (Wildman–Crippen MR) is 123 cm³/mol. The van der Waals surface area contributed by atoms with Gasteiger partial charge < -0.3 is 19.8 Å². The molecule has 6 nitrogen and oxygen atoms in total. The molecule has 31 heavy (non-hydrogen) atoms. The Kier molecular flexibility index (Phi) is 5.85. The van der Waals surface area contributed by atoms with E-state index < -0.39 is 11.2 Å². The molecule has 4 aromatic rings. The van der Waals surface area contributed by atoms with E-state index in [2.05, 4.69) is 15.3 Å². The first kappa shape index (κ1) is 21.2. The highest BCUT2D eigenvalue weighted by Gasteiger charge is 2.27. The minimum atomic E-state index is -0.926. The molecule has 0 aliphatic heterocycles. The number of H-pyrrole nitrogens is 1. The van der Waals surface area contributed by atoms with Crippen molar-refractivity contribution in [2.75, 3.05) is 5.32 Å². The quantitative estimate of drug-likeness (QED) is 0.334. The summed E-state index contributed by atoms with van der Waals surface area (Å²) in [5.41, 5.74) is 2.27. The Morgan fingerprint density at radius 3 is 2.61 bits per heavy atom. The second-order valence-corrected chi connectivity index (χ2v) is 7.93. The highest BCUT2D eigenvalue weighted by Crippen LogP contribution is 2.32. The van der Waals surface area contributed by atoms with Crippen molar-refractivity contribution in [1.82, 2.24) is 9.97 Å². The number of aromatic nitrogens is 2. The smallest absolute Gasteiger partial charge is 0.336 e. The van der Waals surface area contributed by atoms with Gasteiger partial charge in [0.15, 0.2) is 0 Å². The van der Waals surface area contributed by atoms with Crippen LogP contribution in [-0.4, -0.2) is 15.1 Å². The van der Waals surface area contributed by atoms with E-state index in [9.17, 15) is 9.90 Å². The van der Waals surface area contributed by atoms with E-state index in [1.807, 2.05) is 50.2 Å². The zero-order chi connectivity index (χ0) is 22.0. The number of aromatic amines is 1. The molecule has 2 aromatic heterocycles. The summed E-state index contributed by atoms with van der Waals surface area (Å²) in [5, 5.41) is 15.2. The second kappa shape index (κ2) is 8.57. The summed E-state index contributed by atoms with van der Waals surface area (Å²) in [6.45, 7) is 4.24. The van der Waals surface area contributed by atoms with E-state index in [-0.39, 0.29) is 0 Å². The number of aliphatic hydroxyl groups is 1. The Morgan fingerprint density at radius 2 is 1.90 bits per heavy atom. The summed E-state index contributed by atoms with van der Waals surface area (Å²) in [7, 11) is 0. The third-order valence-corrected chi connectivity index (χ3v) is 6.04. The minimum absolute atomic E-state index is 0.373. The van der Waals surface area contributed by atoms with Crippen molar-refractivity contribution < 1.29 is 9.52 Å². The molecule has 4 rings (SSSR count). The molecule has 0 aliphatic carbocycles. The Morgan fingerprint density at radius 1 is 1.16 bits per heavy atom. The summed E-state index contributed by atoms with van der Waals surface area (Å²) >= 11 is 6.56. The Hall–Kier alpha value is -3.09. The average molecular weight is 438 g/mol. The van der Waals surface area contributed by atoms with Gasteiger partial charge in [-0.2, -0.15) is 0 Å². The molecule has 0 saturated carbocycles. The van der Waals surface area contributed by atoms with Crippen molar-refractivity contribution in [3.05, 3.63) is 81.4 Å². The van der Waals surface area contributed by atoms with Crippen LogP contribution < -0.4 is 10.9 Å². The van der Waals surface area contributed by atoms with Gasteiger partial charge in [0, 0.05) is 23.0 Å². The molecule has 0 bridgehead atoms. The van der Waals surface area contributed by atoms with Gasteiger partial charge in [-0.25, -0.2) is 9.78 Å². The lowest BCUT2D eigenvalue weighted by molar-refractivity contribution is 0.0245. The molecule has 0 fully saturated rings. The fourth-order valence-electron chi connectivity index (χ4n) is 3.67. The van der Waals surface area contributed by atoms with Crippen molar-refractivity contribution in [3.63, 3.8) is 0 Å². The number of hydrogen-bond donors (Lipinski definition) is 3. The third-order valence-electron chi connectivity index (χ3n) is 5.69. The number of anilines is 1. The fraction of sp³-hybridized carbons (Fsp3) is 0.250. The van der Waals surface area contributed by atoms with Gasteiger partial charge in [-0.1, -0.05) is 55.8 Å². The number of imidazole rings is 1. The van der Waals surface area contributed by atoms with Crippen molar-refractivity contribution in [2.24, 2.45) is 0 Å². The highest BCUT2D eigenvalue weighted by molar-refractivity contribution is 6.32. The fourth-order valence-corrected chi connectivity index (χ4v) is 3.90. The average Bonchev–Trinajstić information content (AvgIpc) is 3.27. The van der Waals surface area contributed by atoms with E-state index in [1.54, 1.807) is 12.3 Å². The van der Waals surface area contributed by atoms with E-state index >= 15 is 0 Å². The number of hydrogen-bond acceptors (Lipinski definition) is 5. The van der Waals surface area contributed by atoms with Crippen LogP contribution in [0.3, 0.4) is 0 Å². The number of rotatable bonds is 7. The summed E-state index contributed by atoms with van der Waals surface area (Å²) in [5.74, 6) is 0.533. The number of halogens is 1. The maximum absolute atomic E-state index is 12.2. The van der Waals surface area contributed by atoms with Crippen LogP contribution in [0.4, 0.5) is 5.95 Å². The SMILES string of the molecule is CCC(O)(CC)c1cnc(NCc2cc3oc(=O)cc(-c4ccccc4)c3cc2Cl)[nH]1. The second-order valence-electron chi connectivity index (χ2n) is 7.52. The molecule has 160 valence electrons. The van der Waals surface area contributed by atoms with Crippen LogP contribution in [-0.2, 0) is 12.1 Å². The van der Waals surface area contributed by atoms with Crippen LogP contribution in [0.2, 0.25) is 5.02 Å². The lowest BCUT2D eigenvalue weighted by atomic mass is 9.94. The summed E-state index contributed by atoms with van der Waals surface area (Å²) in [4.78, 5) is 19.6. The zero-order valence-corrected chi connectivity index (χ0v) is 18.2. The molecule has 7 heteroatoms. The van der Waals surface area contributed by atoms with Crippen LogP contribution in [0.5, 0.6) is 0 Å². The lowest BCUT2D eigenvalue weighted by Gasteiger charge is -2.23. The molecule has 0 unspecified atom stereocenters. The molecule has 0 radical (unpaired) electrons. The molecular formula is C24H24ClN3O3. The number of nitrogens with zero attached hydrogens (tertiary/aromatic N) is 1. The summed E-state index contributed by atoms with van der Waals surface area (Å²) in [6.07, 6.45) is 2.82. The Labute approximate surface area is 184 Å². The van der Waals surface area contributed by atoms with Gasteiger partial charge in [0.05, 0.1) is 11.9 Å². The van der Waals surface area contributed by atoms with Crippen molar-refractivity contribution in [3.8, 4) is 11.1 Å². The zero-order valence-electron chi connectivity index (χ0n) is 17.4. The van der Waals surface area contributed by atoms with Gasteiger partial charge in [0.2, 0.25) is 5.95 Å². The normalized spacial score (nSPS) is 11.7. The lowest BCUT2D eigenvalue weighted by Crippen LogP contribution is -2.23. The maximum Gasteiger partial charge on any atom is 0.336 e. The molecule has 3 N–H and O–H groups in total. The maximum atomic E-state index is 12.2. The molecule has 0 saturated heterocycles. The molecule has 0 aliphatic rings. The van der Waals surface area contributed by atoms with Crippen molar-refractivity contribution in [1.29, 1.82) is 0 Å². The van der Waals surface area contributed by atoms with Gasteiger partial charge in [0.1, 0.15) is 11.2 Å². The van der Waals surface area contributed by atoms with Gasteiger partial charge >= 0.3 is 5.63 Å². The molecule has 0 amide bonds. The molecule has 0 spiro atoms. The minimum Gasteiger partial charge on any atom is -0.423 e. The van der Waals surface area contributed by atoms with E-state index in [0.29, 0.717) is 41.6 Å². The number of benzene rings is 2.